The smallest absolute Gasteiger partial charge is 0.307 e. The van der Waals surface area contributed by atoms with Crippen molar-refractivity contribution in [1.82, 2.24) is 0 Å². The Labute approximate surface area is 157 Å². The number of phenols is 1. The lowest BCUT2D eigenvalue weighted by molar-refractivity contribution is -0.136. The van der Waals surface area contributed by atoms with Crippen LogP contribution in [0.25, 0.3) is 6.08 Å². The number of fused-ring (bicyclic) bond motifs is 1. The zero-order valence-electron chi connectivity index (χ0n) is 15.4. The SMILES string of the molecule is Cc1c(C)c2c(c(C)c1O)C=C(C(=O)Nc1cccc(CC(=O)O)c1)CO2. The molecular weight excluding hydrogens is 346 g/mol. The number of anilines is 1. The summed E-state index contributed by atoms with van der Waals surface area (Å²) >= 11 is 0. The molecule has 3 rings (SSSR count). The molecule has 6 heteroatoms. The van der Waals surface area contributed by atoms with Crippen LogP contribution >= 0.6 is 0 Å². The van der Waals surface area contributed by atoms with E-state index in [4.69, 9.17) is 9.84 Å². The van der Waals surface area contributed by atoms with Crippen molar-refractivity contribution < 1.29 is 24.5 Å². The minimum absolute atomic E-state index is 0.111. The van der Waals surface area contributed by atoms with Gasteiger partial charge in [-0.15, -0.1) is 0 Å². The molecule has 0 atom stereocenters. The number of phenolic OH excluding ortho intramolecular Hbond substituents is 1. The number of ether oxygens (including phenoxy) is 1. The molecule has 0 spiro atoms. The number of hydrogen-bond donors (Lipinski definition) is 3. The molecule has 2 aromatic rings. The fourth-order valence-corrected chi connectivity index (χ4v) is 3.13. The van der Waals surface area contributed by atoms with Crippen molar-refractivity contribution >= 4 is 23.6 Å². The van der Waals surface area contributed by atoms with E-state index in [-0.39, 0.29) is 24.7 Å². The third-order valence-corrected chi connectivity index (χ3v) is 4.78. The summed E-state index contributed by atoms with van der Waals surface area (Å²) in [6.07, 6.45) is 1.62. The molecule has 0 saturated carbocycles. The molecule has 0 aliphatic carbocycles. The topological polar surface area (TPSA) is 95.9 Å². The molecule has 0 bridgehead atoms. The first-order valence-electron chi connectivity index (χ1n) is 8.56. The van der Waals surface area contributed by atoms with Crippen LogP contribution in [-0.2, 0) is 16.0 Å². The maximum Gasteiger partial charge on any atom is 0.307 e. The quantitative estimate of drug-likeness (QED) is 0.770. The largest absolute Gasteiger partial charge is 0.507 e. The highest BCUT2D eigenvalue weighted by Crippen LogP contribution is 2.40. The molecule has 1 amide bonds. The van der Waals surface area contributed by atoms with Gasteiger partial charge in [-0.3, -0.25) is 9.59 Å². The summed E-state index contributed by atoms with van der Waals surface area (Å²) in [6.45, 7) is 5.62. The zero-order chi connectivity index (χ0) is 19.7. The van der Waals surface area contributed by atoms with Crippen molar-refractivity contribution in [2.75, 3.05) is 11.9 Å². The van der Waals surface area contributed by atoms with E-state index in [0.717, 1.165) is 11.1 Å². The summed E-state index contributed by atoms with van der Waals surface area (Å²) in [5, 5.41) is 21.9. The van der Waals surface area contributed by atoms with Crippen molar-refractivity contribution in [3.05, 3.63) is 57.7 Å². The Morgan fingerprint density at radius 1 is 1.15 bits per heavy atom. The third-order valence-electron chi connectivity index (χ3n) is 4.78. The van der Waals surface area contributed by atoms with Gasteiger partial charge in [0.2, 0.25) is 0 Å². The number of hydrogen-bond acceptors (Lipinski definition) is 4. The van der Waals surface area contributed by atoms with Gasteiger partial charge in [-0.2, -0.15) is 0 Å². The van der Waals surface area contributed by atoms with Gasteiger partial charge in [-0.25, -0.2) is 0 Å². The van der Waals surface area contributed by atoms with Crippen LogP contribution in [0.15, 0.2) is 29.8 Å². The van der Waals surface area contributed by atoms with E-state index in [2.05, 4.69) is 5.32 Å². The highest BCUT2D eigenvalue weighted by molar-refractivity contribution is 6.07. The number of aromatic hydroxyl groups is 1. The number of carbonyl (C=O) groups excluding carboxylic acids is 1. The minimum atomic E-state index is -0.931. The maximum absolute atomic E-state index is 12.6. The van der Waals surface area contributed by atoms with E-state index >= 15 is 0 Å². The zero-order valence-corrected chi connectivity index (χ0v) is 15.4. The number of carboxylic acid groups (broad SMARTS) is 1. The van der Waals surface area contributed by atoms with E-state index in [9.17, 15) is 14.7 Å². The molecule has 0 radical (unpaired) electrons. The monoisotopic (exact) mass is 367 g/mol. The Balaban J connectivity index is 1.87. The molecule has 27 heavy (non-hydrogen) atoms. The second-order valence-corrected chi connectivity index (χ2v) is 6.65. The number of aliphatic carboxylic acids is 1. The van der Waals surface area contributed by atoms with Crippen LogP contribution in [0.2, 0.25) is 0 Å². The molecule has 0 aromatic heterocycles. The molecule has 3 N–H and O–H groups in total. The average Bonchev–Trinajstić information content (AvgIpc) is 2.64. The molecule has 0 saturated heterocycles. The maximum atomic E-state index is 12.6. The van der Waals surface area contributed by atoms with Crippen LogP contribution in [-0.4, -0.2) is 28.7 Å². The van der Waals surface area contributed by atoms with Crippen LogP contribution in [0.4, 0.5) is 5.69 Å². The van der Waals surface area contributed by atoms with Gasteiger partial charge in [0.1, 0.15) is 18.1 Å². The lowest BCUT2D eigenvalue weighted by Crippen LogP contribution is -2.22. The summed E-state index contributed by atoms with van der Waals surface area (Å²) < 4.78 is 5.80. The Morgan fingerprint density at radius 2 is 1.89 bits per heavy atom. The van der Waals surface area contributed by atoms with Gasteiger partial charge in [0, 0.05) is 16.8 Å². The van der Waals surface area contributed by atoms with Crippen molar-refractivity contribution in [2.24, 2.45) is 0 Å². The molecule has 0 fully saturated rings. The predicted octanol–water partition coefficient (Wildman–Crippen LogP) is 3.36. The summed E-state index contributed by atoms with van der Waals surface area (Å²) in [5.74, 6) is -0.374. The Kier molecular flexibility index (Phi) is 4.90. The van der Waals surface area contributed by atoms with E-state index in [1.165, 1.54) is 0 Å². The van der Waals surface area contributed by atoms with Crippen molar-refractivity contribution in [3.8, 4) is 11.5 Å². The van der Waals surface area contributed by atoms with Gasteiger partial charge < -0.3 is 20.3 Å². The van der Waals surface area contributed by atoms with E-state index in [1.807, 2.05) is 13.8 Å². The molecule has 140 valence electrons. The van der Waals surface area contributed by atoms with Crippen LogP contribution in [0, 0.1) is 20.8 Å². The Morgan fingerprint density at radius 3 is 2.59 bits per heavy atom. The second-order valence-electron chi connectivity index (χ2n) is 6.65. The fraction of sp³-hybridized carbons (Fsp3) is 0.238. The molecular formula is C21H21NO5. The predicted molar refractivity (Wildman–Crippen MR) is 102 cm³/mol. The summed E-state index contributed by atoms with van der Waals surface area (Å²) in [6, 6.07) is 6.73. The molecule has 1 aliphatic rings. The number of benzene rings is 2. The minimum Gasteiger partial charge on any atom is -0.507 e. The van der Waals surface area contributed by atoms with Crippen molar-refractivity contribution in [2.45, 2.75) is 27.2 Å². The first kappa shape index (κ1) is 18.5. The summed E-state index contributed by atoms with van der Waals surface area (Å²) in [7, 11) is 0. The molecule has 0 unspecified atom stereocenters. The van der Waals surface area contributed by atoms with Gasteiger partial charge in [-0.05, 0) is 55.7 Å². The van der Waals surface area contributed by atoms with Crippen molar-refractivity contribution in [1.29, 1.82) is 0 Å². The number of rotatable bonds is 4. The van der Waals surface area contributed by atoms with Gasteiger partial charge in [-0.1, -0.05) is 12.1 Å². The Hall–Kier alpha value is -3.28. The molecule has 1 aliphatic heterocycles. The second kappa shape index (κ2) is 7.15. The first-order chi connectivity index (χ1) is 12.8. The van der Waals surface area contributed by atoms with Crippen LogP contribution in [0.3, 0.4) is 0 Å². The lowest BCUT2D eigenvalue weighted by Gasteiger charge is -2.23. The van der Waals surface area contributed by atoms with E-state index in [1.54, 1.807) is 37.3 Å². The van der Waals surface area contributed by atoms with Gasteiger partial charge in [0.15, 0.2) is 0 Å². The first-order valence-corrected chi connectivity index (χ1v) is 8.56. The van der Waals surface area contributed by atoms with E-state index < -0.39 is 5.97 Å². The normalized spacial score (nSPS) is 12.6. The average molecular weight is 367 g/mol. The number of carbonyl (C=O) groups is 2. The number of amides is 1. The lowest BCUT2D eigenvalue weighted by atomic mass is 9.94. The molecule has 2 aromatic carbocycles. The fourth-order valence-electron chi connectivity index (χ4n) is 3.13. The van der Waals surface area contributed by atoms with Crippen LogP contribution in [0.1, 0.15) is 27.8 Å². The summed E-state index contributed by atoms with van der Waals surface area (Å²) in [4.78, 5) is 23.5. The number of carboxylic acids is 1. The van der Waals surface area contributed by atoms with Crippen LogP contribution in [0.5, 0.6) is 11.5 Å². The van der Waals surface area contributed by atoms with E-state index in [0.29, 0.717) is 33.7 Å². The summed E-state index contributed by atoms with van der Waals surface area (Å²) in [5.41, 5.74) is 4.54. The molecule has 1 heterocycles. The van der Waals surface area contributed by atoms with Gasteiger partial charge in [0.25, 0.3) is 5.91 Å². The highest BCUT2D eigenvalue weighted by atomic mass is 16.5. The van der Waals surface area contributed by atoms with Gasteiger partial charge >= 0.3 is 5.97 Å². The molecule has 6 nitrogen and oxygen atoms in total. The highest BCUT2D eigenvalue weighted by Gasteiger charge is 2.23. The standard InChI is InChI=1S/C21H21NO5/c1-11-12(2)20-17(13(3)19(11)25)9-15(10-27-20)21(26)22-16-6-4-5-14(7-16)8-18(23)24/h4-7,9,25H,8,10H2,1-3H3,(H,22,26)(H,23,24). The van der Waals surface area contributed by atoms with Crippen LogP contribution < -0.4 is 10.1 Å². The number of nitrogens with one attached hydrogen (secondary N) is 1. The third kappa shape index (κ3) is 3.65. The van der Waals surface area contributed by atoms with Crippen molar-refractivity contribution in [3.63, 3.8) is 0 Å². The van der Waals surface area contributed by atoms with Gasteiger partial charge in [0.05, 0.1) is 12.0 Å². The Bertz CT molecular complexity index is 975.